The Bertz CT molecular complexity index is 1190. The number of alkyl carbamates (subject to hydrolysis) is 1. The second kappa shape index (κ2) is 12.6. The third-order valence-electron chi connectivity index (χ3n) is 5.23. The van der Waals surface area contributed by atoms with Gasteiger partial charge in [0.25, 0.3) is 0 Å². The number of benzene rings is 4. The molecule has 0 aliphatic heterocycles. The topological polar surface area (TPSA) is 93.0 Å². The van der Waals surface area contributed by atoms with Crippen LogP contribution in [-0.4, -0.2) is 18.5 Å². The van der Waals surface area contributed by atoms with Crippen molar-refractivity contribution in [2.45, 2.75) is 12.2 Å². The number of ether oxygens (including phenoxy) is 1. The van der Waals surface area contributed by atoms with E-state index in [1.54, 1.807) is 0 Å². The second-order valence-electron chi connectivity index (χ2n) is 7.71. The molecular weight excluding hydrogens is 454 g/mol. The summed E-state index contributed by atoms with van der Waals surface area (Å²) < 4.78 is 5.62. The third-order valence-corrected chi connectivity index (χ3v) is 5.23. The smallest absolute Gasteiger partial charge is 0.414 e. The summed E-state index contributed by atoms with van der Waals surface area (Å²) in [5, 5.41) is 10.2. The first kappa shape index (κ1) is 24.4. The maximum absolute atomic E-state index is 12.5. The van der Waals surface area contributed by atoms with E-state index in [0.29, 0.717) is 0 Å². The molecule has 0 aliphatic rings. The Labute approximate surface area is 209 Å². The van der Waals surface area contributed by atoms with Crippen molar-refractivity contribution < 1.29 is 19.3 Å². The molecule has 2 N–H and O–H groups in total. The minimum absolute atomic E-state index is 0.459. The zero-order valence-corrected chi connectivity index (χ0v) is 19.4. The molecule has 4 rings (SSSR count). The first-order valence-electron chi connectivity index (χ1n) is 11.3. The lowest BCUT2D eigenvalue weighted by molar-refractivity contribution is -0.245. The average Bonchev–Trinajstić information content (AvgIpc) is 2.93. The molecule has 1 amide bonds. The van der Waals surface area contributed by atoms with Crippen LogP contribution >= 0.6 is 0 Å². The standard InChI is InChI=1S/C29H25N3O4/c30-28(31-21-34-36-27(24-17-9-3-10-18-24)25-19-11-4-12-20-25)32-29(33)35-26(22-13-5-1-6-14-22)23-15-7-2-8-16-23/h1-21,26-27H,(H2,30,32,33). The molecule has 0 fully saturated rings. The van der Waals surface area contributed by atoms with Crippen molar-refractivity contribution >= 4 is 18.5 Å². The van der Waals surface area contributed by atoms with Crippen molar-refractivity contribution in [2.24, 2.45) is 4.99 Å². The van der Waals surface area contributed by atoms with E-state index in [1.807, 2.05) is 121 Å². The fourth-order valence-corrected chi connectivity index (χ4v) is 3.56. The number of rotatable bonds is 8. The molecule has 0 bridgehead atoms. The number of carbonyl (C=O) groups excluding carboxylic acids is 1. The Morgan fingerprint density at radius 2 is 1.06 bits per heavy atom. The number of nitrogens with zero attached hydrogens (tertiary/aromatic N) is 1. The zero-order chi connectivity index (χ0) is 25.0. The molecule has 0 heterocycles. The van der Waals surface area contributed by atoms with Crippen molar-refractivity contribution in [3.8, 4) is 0 Å². The monoisotopic (exact) mass is 479 g/mol. The number of carbonyl (C=O) groups is 1. The summed E-state index contributed by atoms with van der Waals surface area (Å²) >= 11 is 0. The molecule has 4 aromatic rings. The molecule has 4 aromatic carbocycles. The van der Waals surface area contributed by atoms with Gasteiger partial charge in [0.15, 0.2) is 12.2 Å². The fraction of sp³-hybridized carbons (Fsp3) is 0.0690. The lowest BCUT2D eigenvalue weighted by Crippen LogP contribution is -2.30. The van der Waals surface area contributed by atoms with E-state index in [1.165, 1.54) is 0 Å². The van der Waals surface area contributed by atoms with Gasteiger partial charge in [0.2, 0.25) is 12.4 Å². The molecule has 0 spiro atoms. The largest absolute Gasteiger partial charge is 0.436 e. The van der Waals surface area contributed by atoms with Crippen LogP contribution in [0, 0.1) is 5.41 Å². The van der Waals surface area contributed by atoms with Crippen LogP contribution in [0.15, 0.2) is 126 Å². The second-order valence-corrected chi connectivity index (χ2v) is 7.71. The Kier molecular flexibility index (Phi) is 8.56. The highest BCUT2D eigenvalue weighted by molar-refractivity contribution is 5.95. The van der Waals surface area contributed by atoms with Gasteiger partial charge in [0.05, 0.1) is 0 Å². The maximum atomic E-state index is 12.5. The van der Waals surface area contributed by atoms with Gasteiger partial charge in [-0.2, -0.15) is 9.88 Å². The van der Waals surface area contributed by atoms with E-state index < -0.39 is 24.3 Å². The van der Waals surface area contributed by atoms with Crippen LogP contribution in [0.1, 0.15) is 34.5 Å². The van der Waals surface area contributed by atoms with Gasteiger partial charge >= 0.3 is 6.09 Å². The normalized spacial score (nSPS) is 10.9. The molecular formula is C29H25N3O4. The lowest BCUT2D eigenvalue weighted by Gasteiger charge is -2.18. The van der Waals surface area contributed by atoms with Gasteiger partial charge in [-0.3, -0.25) is 10.7 Å². The SMILES string of the molecule is N=C(N=COOC(c1ccccc1)c1ccccc1)NC(=O)OC(c1ccccc1)c1ccccc1. The van der Waals surface area contributed by atoms with E-state index in [0.717, 1.165) is 28.7 Å². The van der Waals surface area contributed by atoms with Gasteiger partial charge in [0, 0.05) is 0 Å². The Balaban J connectivity index is 1.34. The highest BCUT2D eigenvalue weighted by Crippen LogP contribution is 2.26. The van der Waals surface area contributed by atoms with Crippen LogP contribution in [-0.2, 0) is 14.5 Å². The Hall–Kier alpha value is -4.75. The van der Waals surface area contributed by atoms with Gasteiger partial charge in [-0.05, 0) is 22.3 Å². The molecule has 0 saturated carbocycles. The summed E-state index contributed by atoms with van der Waals surface area (Å²) in [5.74, 6) is -0.459. The molecule has 0 atom stereocenters. The van der Waals surface area contributed by atoms with Gasteiger partial charge in [-0.15, -0.1) is 0 Å². The summed E-state index contributed by atoms with van der Waals surface area (Å²) in [5.41, 5.74) is 3.39. The summed E-state index contributed by atoms with van der Waals surface area (Å²) in [6.45, 7) is 0. The fourth-order valence-electron chi connectivity index (χ4n) is 3.56. The van der Waals surface area contributed by atoms with Gasteiger partial charge in [0.1, 0.15) is 0 Å². The number of guanidine groups is 1. The quantitative estimate of drug-likeness (QED) is 0.136. The summed E-state index contributed by atoms with van der Waals surface area (Å²) in [4.78, 5) is 27.0. The molecule has 7 heteroatoms. The highest BCUT2D eigenvalue weighted by atomic mass is 17.2. The molecule has 0 unspecified atom stereocenters. The van der Waals surface area contributed by atoms with Crippen LogP contribution in [0.5, 0.6) is 0 Å². The molecule has 180 valence electrons. The number of nitrogens with one attached hydrogen (secondary N) is 2. The van der Waals surface area contributed by atoms with Crippen molar-refractivity contribution in [2.75, 3.05) is 0 Å². The zero-order valence-electron chi connectivity index (χ0n) is 19.4. The Morgan fingerprint density at radius 3 is 1.47 bits per heavy atom. The summed E-state index contributed by atoms with van der Waals surface area (Å²) in [7, 11) is 0. The number of hydrogen-bond acceptors (Lipinski definition) is 5. The minimum Gasteiger partial charge on any atom is -0.436 e. The van der Waals surface area contributed by atoms with Gasteiger partial charge in [-0.25, -0.2) is 4.79 Å². The number of hydrogen-bond donors (Lipinski definition) is 2. The minimum atomic E-state index is -0.817. The van der Waals surface area contributed by atoms with E-state index in [2.05, 4.69) is 10.3 Å². The average molecular weight is 480 g/mol. The van der Waals surface area contributed by atoms with Crippen molar-refractivity contribution in [3.05, 3.63) is 144 Å². The molecule has 7 nitrogen and oxygen atoms in total. The molecule has 36 heavy (non-hydrogen) atoms. The van der Waals surface area contributed by atoms with Crippen molar-refractivity contribution in [1.82, 2.24) is 5.32 Å². The Morgan fingerprint density at radius 1 is 0.667 bits per heavy atom. The van der Waals surface area contributed by atoms with E-state index in [4.69, 9.17) is 19.9 Å². The predicted octanol–water partition coefficient (Wildman–Crippen LogP) is 6.20. The first-order valence-corrected chi connectivity index (χ1v) is 11.3. The van der Waals surface area contributed by atoms with E-state index >= 15 is 0 Å². The van der Waals surface area contributed by atoms with Crippen LogP contribution in [0.4, 0.5) is 4.79 Å². The lowest BCUT2D eigenvalue weighted by atomic mass is 10.0. The maximum Gasteiger partial charge on any atom is 0.414 e. The number of amides is 1. The van der Waals surface area contributed by atoms with Gasteiger partial charge in [-0.1, -0.05) is 121 Å². The van der Waals surface area contributed by atoms with E-state index in [-0.39, 0.29) is 0 Å². The van der Waals surface area contributed by atoms with Crippen LogP contribution < -0.4 is 5.32 Å². The highest BCUT2D eigenvalue weighted by Gasteiger charge is 2.19. The third kappa shape index (κ3) is 6.88. The van der Waals surface area contributed by atoms with Crippen LogP contribution in [0.2, 0.25) is 0 Å². The van der Waals surface area contributed by atoms with Crippen molar-refractivity contribution in [1.29, 1.82) is 5.41 Å². The van der Waals surface area contributed by atoms with Gasteiger partial charge < -0.3 is 9.62 Å². The van der Waals surface area contributed by atoms with Crippen molar-refractivity contribution in [3.63, 3.8) is 0 Å². The molecule has 0 radical (unpaired) electrons. The van der Waals surface area contributed by atoms with Crippen LogP contribution in [0.25, 0.3) is 0 Å². The van der Waals surface area contributed by atoms with E-state index in [9.17, 15) is 4.79 Å². The molecule has 0 aliphatic carbocycles. The predicted molar refractivity (Wildman–Crippen MR) is 137 cm³/mol. The molecule has 0 aromatic heterocycles. The summed E-state index contributed by atoms with van der Waals surface area (Å²) in [6.07, 6.45) is -1.00. The number of aliphatic imine (C=N–C) groups is 1. The molecule has 0 saturated heterocycles. The van der Waals surface area contributed by atoms with Crippen LogP contribution in [0.3, 0.4) is 0 Å². The summed E-state index contributed by atoms with van der Waals surface area (Å²) in [6, 6.07) is 37.9. The first-order chi connectivity index (χ1) is 17.7.